The van der Waals surface area contributed by atoms with Gasteiger partial charge in [-0.05, 0) is 25.0 Å². The summed E-state index contributed by atoms with van der Waals surface area (Å²) in [5.41, 5.74) is 5.04. The predicted octanol–water partition coefficient (Wildman–Crippen LogP) is 1.34. The number of rotatable bonds is 5. The number of nitrogens with two attached hydrogens (primary N) is 1. The van der Waals surface area contributed by atoms with Crippen molar-refractivity contribution in [2.75, 3.05) is 6.54 Å². The number of hydrogen-bond acceptors (Lipinski definition) is 3. The standard InChI is InChI=1S/C12H20N2O2S/c1-10(2)12(3,9-13)14-17(15,16)11-7-5-4-6-8-11/h4-8,10,14H,9,13H2,1-3H3/t12-/m1/s1. The maximum atomic E-state index is 12.1. The van der Waals surface area contributed by atoms with Gasteiger partial charge in [-0.1, -0.05) is 32.0 Å². The van der Waals surface area contributed by atoms with Crippen molar-refractivity contribution in [1.82, 2.24) is 4.72 Å². The van der Waals surface area contributed by atoms with Gasteiger partial charge in [-0.3, -0.25) is 0 Å². The Hall–Kier alpha value is -0.910. The van der Waals surface area contributed by atoms with Crippen LogP contribution in [-0.4, -0.2) is 20.5 Å². The lowest BCUT2D eigenvalue weighted by atomic mass is 9.90. The van der Waals surface area contributed by atoms with E-state index in [0.29, 0.717) is 0 Å². The molecule has 3 N–H and O–H groups in total. The zero-order valence-electron chi connectivity index (χ0n) is 10.5. The highest BCUT2D eigenvalue weighted by Gasteiger charge is 2.32. The molecular weight excluding hydrogens is 236 g/mol. The quantitative estimate of drug-likeness (QED) is 0.835. The first kappa shape index (κ1) is 14.2. The molecule has 96 valence electrons. The fourth-order valence-electron chi connectivity index (χ4n) is 1.36. The third kappa shape index (κ3) is 3.28. The molecule has 0 aliphatic carbocycles. The smallest absolute Gasteiger partial charge is 0.241 e. The van der Waals surface area contributed by atoms with Crippen LogP contribution < -0.4 is 10.5 Å². The summed E-state index contributed by atoms with van der Waals surface area (Å²) < 4.78 is 27.0. The largest absolute Gasteiger partial charge is 0.329 e. The van der Waals surface area contributed by atoms with Crippen LogP contribution in [0.2, 0.25) is 0 Å². The van der Waals surface area contributed by atoms with Crippen molar-refractivity contribution in [2.45, 2.75) is 31.2 Å². The highest BCUT2D eigenvalue weighted by Crippen LogP contribution is 2.19. The highest BCUT2D eigenvalue weighted by atomic mass is 32.2. The van der Waals surface area contributed by atoms with Gasteiger partial charge in [0.2, 0.25) is 10.0 Å². The zero-order valence-corrected chi connectivity index (χ0v) is 11.3. The van der Waals surface area contributed by atoms with E-state index in [4.69, 9.17) is 5.73 Å². The molecule has 4 nitrogen and oxygen atoms in total. The van der Waals surface area contributed by atoms with Gasteiger partial charge in [0, 0.05) is 12.1 Å². The molecule has 0 amide bonds. The minimum Gasteiger partial charge on any atom is -0.329 e. The molecule has 0 bridgehead atoms. The van der Waals surface area contributed by atoms with E-state index in [1.807, 2.05) is 20.8 Å². The van der Waals surface area contributed by atoms with Crippen LogP contribution in [0, 0.1) is 5.92 Å². The molecule has 1 aromatic carbocycles. The molecule has 0 aromatic heterocycles. The third-order valence-corrected chi connectivity index (χ3v) is 4.75. The lowest BCUT2D eigenvalue weighted by Crippen LogP contribution is -2.54. The first-order valence-corrected chi connectivity index (χ1v) is 7.09. The van der Waals surface area contributed by atoms with Crippen molar-refractivity contribution in [3.8, 4) is 0 Å². The fourth-order valence-corrected chi connectivity index (χ4v) is 2.93. The molecule has 0 radical (unpaired) electrons. The fraction of sp³-hybridized carbons (Fsp3) is 0.500. The monoisotopic (exact) mass is 256 g/mol. The molecule has 0 aliphatic heterocycles. The summed E-state index contributed by atoms with van der Waals surface area (Å²) in [5.74, 6) is 0.117. The van der Waals surface area contributed by atoms with Crippen LogP contribution in [0.4, 0.5) is 0 Å². The van der Waals surface area contributed by atoms with Crippen LogP contribution in [0.1, 0.15) is 20.8 Å². The van der Waals surface area contributed by atoms with E-state index in [9.17, 15) is 8.42 Å². The van der Waals surface area contributed by atoms with Gasteiger partial charge >= 0.3 is 0 Å². The minimum absolute atomic E-state index is 0.117. The normalized spacial score (nSPS) is 15.8. The Kier molecular flexibility index (Phi) is 4.30. The van der Waals surface area contributed by atoms with Gasteiger partial charge in [0.15, 0.2) is 0 Å². The lowest BCUT2D eigenvalue weighted by Gasteiger charge is -2.33. The van der Waals surface area contributed by atoms with Crippen LogP contribution in [0.5, 0.6) is 0 Å². The van der Waals surface area contributed by atoms with Crippen molar-refractivity contribution in [3.63, 3.8) is 0 Å². The van der Waals surface area contributed by atoms with E-state index in [2.05, 4.69) is 4.72 Å². The van der Waals surface area contributed by atoms with Crippen molar-refractivity contribution in [3.05, 3.63) is 30.3 Å². The van der Waals surface area contributed by atoms with E-state index >= 15 is 0 Å². The topological polar surface area (TPSA) is 72.2 Å². The first-order valence-electron chi connectivity index (χ1n) is 5.61. The Labute approximate surface area is 103 Å². The summed E-state index contributed by atoms with van der Waals surface area (Å²) in [7, 11) is -3.51. The molecule has 5 heteroatoms. The predicted molar refractivity (Wildman–Crippen MR) is 69.1 cm³/mol. The first-order chi connectivity index (χ1) is 7.82. The number of sulfonamides is 1. The third-order valence-electron chi connectivity index (χ3n) is 3.12. The Morgan fingerprint density at radius 2 is 1.82 bits per heavy atom. The second kappa shape index (κ2) is 5.16. The number of hydrogen-bond donors (Lipinski definition) is 2. The summed E-state index contributed by atoms with van der Waals surface area (Å²) in [5, 5.41) is 0. The van der Waals surface area contributed by atoms with Crippen molar-refractivity contribution >= 4 is 10.0 Å². The van der Waals surface area contributed by atoms with E-state index in [-0.39, 0.29) is 17.4 Å². The Bertz CT molecular complexity index is 457. The number of nitrogens with one attached hydrogen (secondary N) is 1. The maximum Gasteiger partial charge on any atom is 0.241 e. The maximum absolute atomic E-state index is 12.1. The summed E-state index contributed by atoms with van der Waals surface area (Å²) in [6, 6.07) is 8.32. The molecule has 0 spiro atoms. The molecule has 0 fully saturated rings. The molecule has 0 saturated heterocycles. The summed E-state index contributed by atoms with van der Waals surface area (Å²) in [6.45, 7) is 5.97. The second-order valence-electron chi connectivity index (χ2n) is 4.69. The SMILES string of the molecule is CC(C)[C@@](C)(CN)NS(=O)(=O)c1ccccc1. The van der Waals surface area contributed by atoms with Gasteiger partial charge in [-0.25, -0.2) is 13.1 Å². The Balaban J connectivity index is 3.02. The average Bonchev–Trinajstić information content (AvgIpc) is 2.29. The molecule has 1 rings (SSSR count). The molecule has 0 aliphatic rings. The van der Waals surface area contributed by atoms with Gasteiger partial charge in [0.05, 0.1) is 4.90 Å². The average molecular weight is 256 g/mol. The number of benzene rings is 1. The molecule has 0 saturated carbocycles. The zero-order chi connectivity index (χ0) is 13.1. The summed E-state index contributed by atoms with van der Waals surface area (Å²) >= 11 is 0. The van der Waals surface area contributed by atoms with Crippen LogP contribution in [0.3, 0.4) is 0 Å². The molecule has 0 unspecified atom stereocenters. The van der Waals surface area contributed by atoms with E-state index < -0.39 is 15.6 Å². The lowest BCUT2D eigenvalue weighted by molar-refractivity contribution is 0.315. The van der Waals surface area contributed by atoms with Gasteiger partial charge in [-0.2, -0.15) is 0 Å². The van der Waals surface area contributed by atoms with Crippen LogP contribution in [0.25, 0.3) is 0 Å². The summed E-state index contributed by atoms with van der Waals surface area (Å²) in [6.07, 6.45) is 0. The van der Waals surface area contributed by atoms with E-state index in [0.717, 1.165) is 0 Å². The van der Waals surface area contributed by atoms with Crippen LogP contribution >= 0.6 is 0 Å². The van der Waals surface area contributed by atoms with Crippen LogP contribution in [0.15, 0.2) is 35.2 Å². The minimum atomic E-state index is -3.51. The molecule has 17 heavy (non-hydrogen) atoms. The van der Waals surface area contributed by atoms with E-state index in [1.54, 1.807) is 30.3 Å². The van der Waals surface area contributed by atoms with Crippen LogP contribution in [-0.2, 0) is 10.0 Å². The van der Waals surface area contributed by atoms with Crippen molar-refractivity contribution < 1.29 is 8.42 Å². The Morgan fingerprint density at radius 1 is 1.29 bits per heavy atom. The van der Waals surface area contributed by atoms with E-state index in [1.165, 1.54) is 0 Å². The molecule has 1 aromatic rings. The highest BCUT2D eigenvalue weighted by molar-refractivity contribution is 7.89. The van der Waals surface area contributed by atoms with Gasteiger partial charge in [0.25, 0.3) is 0 Å². The second-order valence-corrected chi connectivity index (χ2v) is 6.38. The van der Waals surface area contributed by atoms with Gasteiger partial charge < -0.3 is 5.73 Å². The molecular formula is C12H20N2O2S. The van der Waals surface area contributed by atoms with Gasteiger partial charge in [-0.15, -0.1) is 0 Å². The molecule has 1 atom stereocenters. The van der Waals surface area contributed by atoms with Crippen molar-refractivity contribution in [2.24, 2.45) is 11.7 Å². The Morgan fingerprint density at radius 3 is 2.24 bits per heavy atom. The molecule has 0 heterocycles. The summed E-state index contributed by atoms with van der Waals surface area (Å²) in [4.78, 5) is 0.264. The van der Waals surface area contributed by atoms with Gasteiger partial charge in [0.1, 0.15) is 0 Å². The van der Waals surface area contributed by atoms with Crippen molar-refractivity contribution in [1.29, 1.82) is 0 Å².